The standard InChI is InChI=1S/C7H12O4/c1-7(9)3-11-5-4(8)2-10-6(5)7/h4-6,8-9H,2-3H2,1H3/t4-,5?,6?,7-/m1/s1. The molecule has 64 valence electrons. The van der Waals surface area contributed by atoms with Gasteiger partial charge in [0.2, 0.25) is 0 Å². The van der Waals surface area contributed by atoms with Gasteiger partial charge >= 0.3 is 0 Å². The van der Waals surface area contributed by atoms with Gasteiger partial charge in [-0.3, -0.25) is 0 Å². The van der Waals surface area contributed by atoms with E-state index < -0.39 is 11.7 Å². The zero-order valence-corrected chi connectivity index (χ0v) is 6.36. The van der Waals surface area contributed by atoms with Crippen molar-refractivity contribution in [2.45, 2.75) is 30.8 Å². The molecule has 0 aromatic heterocycles. The predicted octanol–water partition coefficient (Wildman–Crippen LogP) is -1.10. The van der Waals surface area contributed by atoms with Gasteiger partial charge < -0.3 is 19.7 Å². The normalized spacial score (nSPS) is 56.5. The first-order valence-electron chi connectivity index (χ1n) is 3.75. The summed E-state index contributed by atoms with van der Waals surface area (Å²) in [6.45, 7) is 2.18. The van der Waals surface area contributed by atoms with Crippen LogP contribution in [0.1, 0.15) is 6.92 Å². The van der Waals surface area contributed by atoms with Gasteiger partial charge in [-0.25, -0.2) is 0 Å². The first-order valence-corrected chi connectivity index (χ1v) is 3.75. The monoisotopic (exact) mass is 160 g/mol. The van der Waals surface area contributed by atoms with Gasteiger partial charge in [-0.15, -0.1) is 0 Å². The van der Waals surface area contributed by atoms with Gasteiger partial charge in [-0.05, 0) is 6.92 Å². The van der Waals surface area contributed by atoms with E-state index in [0.29, 0.717) is 0 Å². The lowest BCUT2D eigenvalue weighted by Crippen LogP contribution is -2.40. The molecule has 4 nitrogen and oxygen atoms in total. The molecule has 0 saturated carbocycles. The van der Waals surface area contributed by atoms with Gasteiger partial charge in [-0.1, -0.05) is 0 Å². The lowest BCUT2D eigenvalue weighted by atomic mass is 9.99. The minimum absolute atomic E-state index is 0.249. The summed E-state index contributed by atoms with van der Waals surface area (Å²) in [4.78, 5) is 0. The highest BCUT2D eigenvalue weighted by atomic mass is 16.6. The lowest BCUT2D eigenvalue weighted by molar-refractivity contribution is -0.0568. The lowest BCUT2D eigenvalue weighted by Gasteiger charge is -2.20. The molecule has 2 aliphatic rings. The number of hydrogen-bond acceptors (Lipinski definition) is 4. The summed E-state index contributed by atoms with van der Waals surface area (Å²) in [6.07, 6.45) is -1.25. The quantitative estimate of drug-likeness (QED) is 0.472. The Balaban J connectivity index is 2.17. The summed E-state index contributed by atoms with van der Waals surface area (Å²) in [7, 11) is 0. The molecule has 2 fully saturated rings. The number of ether oxygens (including phenoxy) is 2. The Morgan fingerprint density at radius 3 is 2.82 bits per heavy atom. The zero-order chi connectivity index (χ0) is 8.06. The van der Waals surface area contributed by atoms with Crippen LogP contribution in [0.3, 0.4) is 0 Å². The first-order chi connectivity index (χ1) is 5.11. The maximum atomic E-state index is 9.62. The van der Waals surface area contributed by atoms with Crippen LogP contribution in [-0.2, 0) is 9.47 Å². The van der Waals surface area contributed by atoms with E-state index in [9.17, 15) is 10.2 Å². The van der Waals surface area contributed by atoms with Crippen LogP contribution in [0.15, 0.2) is 0 Å². The summed E-state index contributed by atoms with van der Waals surface area (Å²) >= 11 is 0. The second-order valence-corrected chi connectivity index (χ2v) is 3.45. The molecule has 4 heteroatoms. The third kappa shape index (κ3) is 0.980. The Labute approximate surface area is 64.7 Å². The van der Waals surface area contributed by atoms with Gasteiger partial charge in [0.05, 0.1) is 13.2 Å². The van der Waals surface area contributed by atoms with Crippen LogP contribution in [0.25, 0.3) is 0 Å². The molecule has 2 aliphatic heterocycles. The van der Waals surface area contributed by atoms with E-state index in [2.05, 4.69) is 0 Å². The van der Waals surface area contributed by atoms with Crippen molar-refractivity contribution in [3.8, 4) is 0 Å². The fourth-order valence-electron chi connectivity index (χ4n) is 1.67. The van der Waals surface area contributed by atoms with E-state index in [1.54, 1.807) is 6.92 Å². The van der Waals surface area contributed by atoms with Crippen molar-refractivity contribution in [1.82, 2.24) is 0 Å². The van der Waals surface area contributed by atoms with E-state index in [4.69, 9.17) is 9.47 Å². The molecule has 2 N–H and O–H groups in total. The van der Waals surface area contributed by atoms with E-state index >= 15 is 0 Å². The van der Waals surface area contributed by atoms with E-state index in [0.717, 1.165) is 0 Å². The van der Waals surface area contributed by atoms with Crippen LogP contribution >= 0.6 is 0 Å². The minimum atomic E-state index is -0.928. The average Bonchev–Trinajstić information content (AvgIpc) is 2.39. The number of aliphatic hydroxyl groups excluding tert-OH is 1. The second-order valence-electron chi connectivity index (χ2n) is 3.45. The summed E-state index contributed by atoms with van der Waals surface area (Å²) in [6, 6.07) is 0. The molecule has 2 rings (SSSR count). The number of aliphatic hydroxyl groups is 2. The maximum absolute atomic E-state index is 9.62. The van der Waals surface area contributed by atoms with Crippen LogP contribution in [0.4, 0.5) is 0 Å². The number of hydrogen-bond donors (Lipinski definition) is 2. The summed E-state index contributed by atoms with van der Waals surface area (Å²) in [5, 5.41) is 18.9. The van der Waals surface area contributed by atoms with Crippen molar-refractivity contribution >= 4 is 0 Å². The Kier molecular flexibility index (Phi) is 1.47. The summed E-state index contributed by atoms with van der Waals surface area (Å²) in [5.74, 6) is 0. The highest BCUT2D eigenvalue weighted by Crippen LogP contribution is 2.33. The van der Waals surface area contributed by atoms with Crippen LogP contribution in [0.5, 0.6) is 0 Å². The molecule has 0 aromatic rings. The van der Waals surface area contributed by atoms with E-state index in [1.165, 1.54) is 0 Å². The van der Waals surface area contributed by atoms with Crippen molar-refractivity contribution in [3.05, 3.63) is 0 Å². The van der Waals surface area contributed by atoms with Crippen LogP contribution in [-0.4, -0.2) is 47.3 Å². The molecule has 0 radical (unpaired) electrons. The molecule has 11 heavy (non-hydrogen) atoms. The van der Waals surface area contributed by atoms with E-state index in [-0.39, 0.29) is 25.4 Å². The van der Waals surface area contributed by atoms with Crippen LogP contribution in [0, 0.1) is 0 Å². The van der Waals surface area contributed by atoms with Gasteiger partial charge in [0.15, 0.2) is 0 Å². The molecule has 0 aliphatic carbocycles. The van der Waals surface area contributed by atoms with Crippen molar-refractivity contribution in [1.29, 1.82) is 0 Å². The Morgan fingerprint density at radius 1 is 1.45 bits per heavy atom. The Hall–Kier alpha value is -0.160. The molecular formula is C7H12O4. The fourth-order valence-corrected chi connectivity index (χ4v) is 1.67. The molecule has 0 aromatic carbocycles. The third-order valence-corrected chi connectivity index (χ3v) is 2.31. The largest absolute Gasteiger partial charge is 0.388 e. The van der Waals surface area contributed by atoms with Gasteiger partial charge in [0, 0.05) is 0 Å². The Bertz CT molecular complexity index is 168. The van der Waals surface area contributed by atoms with Crippen LogP contribution in [0.2, 0.25) is 0 Å². The fraction of sp³-hybridized carbons (Fsp3) is 1.00. The molecule has 4 atom stereocenters. The topological polar surface area (TPSA) is 58.9 Å². The average molecular weight is 160 g/mol. The molecule has 0 spiro atoms. The third-order valence-electron chi connectivity index (χ3n) is 2.31. The maximum Gasteiger partial charge on any atom is 0.117 e. The number of rotatable bonds is 0. The first kappa shape index (κ1) is 7.49. The molecule has 2 unspecified atom stereocenters. The molecule has 0 amide bonds. The molecule has 2 saturated heterocycles. The highest BCUT2D eigenvalue weighted by molar-refractivity contribution is 5.01. The SMILES string of the molecule is C[C@@]1(O)COC2C1OC[C@H]2O. The Morgan fingerprint density at radius 2 is 2.18 bits per heavy atom. The number of fused-ring (bicyclic) bond motifs is 1. The van der Waals surface area contributed by atoms with Crippen molar-refractivity contribution < 1.29 is 19.7 Å². The molecule has 2 heterocycles. The smallest absolute Gasteiger partial charge is 0.117 e. The molecule has 0 bridgehead atoms. The van der Waals surface area contributed by atoms with Gasteiger partial charge in [-0.2, -0.15) is 0 Å². The summed E-state index contributed by atoms with van der Waals surface area (Å²) in [5.41, 5.74) is -0.928. The van der Waals surface area contributed by atoms with Gasteiger partial charge in [0.25, 0.3) is 0 Å². The van der Waals surface area contributed by atoms with Crippen molar-refractivity contribution in [2.75, 3.05) is 13.2 Å². The van der Waals surface area contributed by atoms with Crippen molar-refractivity contribution in [2.24, 2.45) is 0 Å². The van der Waals surface area contributed by atoms with E-state index in [1.807, 2.05) is 0 Å². The summed E-state index contributed by atoms with van der Waals surface area (Å²) < 4.78 is 10.4. The van der Waals surface area contributed by atoms with Gasteiger partial charge in [0.1, 0.15) is 23.9 Å². The minimum Gasteiger partial charge on any atom is -0.388 e. The predicted molar refractivity (Wildman–Crippen MR) is 36.1 cm³/mol. The highest BCUT2D eigenvalue weighted by Gasteiger charge is 2.53. The second kappa shape index (κ2) is 2.17. The zero-order valence-electron chi connectivity index (χ0n) is 6.36. The van der Waals surface area contributed by atoms with Crippen molar-refractivity contribution in [3.63, 3.8) is 0 Å². The van der Waals surface area contributed by atoms with Crippen LogP contribution < -0.4 is 0 Å². The molecular weight excluding hydrogens is 148 g/mol.